The van der Waals surface area contributed by atoms with Crippen LogP contribution in [0.15, 0.2) is 60.7 Å². The Balaban J connectivity index is 1.49. The molecular formula is C20H15N3O3S. The minimum atomic E-state index is -0.450. The van der Waals surface area contributed by atoms with Gasteiger partial charge in [-0.2, -0.15) is 0 Å². The zero-order chi connectivity index (χ0) is 18.8. The van der Waals surface area contributed by atoms with Crippen molar-refractivity contribution in [1.82, 2.24) is 9.97 Å². The first kappa shape index (κ1) is 17.0. The van der Waals surface area contributed by atoms with E-state index in [4.69, 9.17) is 0 Å². The van der Waals surface area contributed by atoms with Crippen LogP contribution in [0.2, 0.25) is 0 Å². The van der Waals surface area contributed by atoms with Gasteiger partial charge in [-0.05, 0) is 48.5 Å². The summed E-state index contributed by atoms with van der Waals surface area (Å²) in [6.07, 6.45) is 0. The maximum atomic E-state index is 12.3. The lowest BCUT2D eigenvalue weighted by Crippen LogP contribution is -2.09. The molecule has 1 amide bonds. The molecule has 2 aromatic carbocycles. The van der Waals surface area contributed by atoms with Gasteiger partial charge in [-0.3, -0.25) is 4.79 Å². The van der Waals surface area contributed by atoms with Gasteiger partial charge in [0.1, 0.15) is 10.7 Å². The van der Waals surface area contributed by atoms with E-state index in [-0.39, 0.29) is 5.91 Å². The predicted molar refractivity (Wildman–Crippen MR) is 105 cm³/mol. The number of methoxy groups -OCH3 is 1. The SMILES string of the molecule is COC(=O)c1ccc(C(=O)Nc2ccc(-c3nc4ccccc4[nH]3)cc2)s1. The number of rotatable bonds is 4. The number of aromatic nitrogens is 2. The Morgan fingerprint density at radius 1 is 1.00 bits per heavy atom. The number of hydrogen-bond acceptors (Lipinski definition) is 5. The summed E-state index contributed by atoms with van der Waals surface area (Å²) in [4.78, 5) is 32.5. The van der Waals surface area contributed by atoms with E-state index in [1.54, 1.807) is 12.1 Å². The van der Waals surface area contributed by atoms with Gasteiger partial charge in [-0.15, -0.1) is 11.3 Å². The van der Waals surface area contributed by atoms with Gasteiger partial charge in [-0.25, -0.2) is 9.78 Å². The Bertz CT molecular complexity index is 1100. The quantitative estimate of drug-likeness (QED) is 0.519. The van der Waals surface area contributed by atoms with Crippen LogP contribution in [0.5, 0.6) is 0 Å². The van der Waals surface area contributed by atoms with Gasteiger partial charge in [0.25, 0.3) is 5.91 Å². The number of thiophene rings is 1. The lowest BCUT2D eigenvalue weighted by Gasteiger charge is -2.04. The number of hydrogen-bond donors (Lipinski definition) is 2. The smallest absolute Gasteiger partial charge is 0.348 e. The molecule has 0 spiro atoms. The van der Waals surface area contributed by atoms with Gasteiger partial charge in [-0.1, -0.05) is 12.1 Å². The molecule has 0 radical (unpaired) electrons. The molecule has 7 heteroatoms. The standard InChI is InChI=1S/C20H15N3O3S/c1-26-20(25)17-11-10-16(27-17)19(24)21-13-8-6-12(7-9-13)18-22-14-4-2-3-5-15(14)23-18/h2-11H,1H3,(H,21,24)(H,22,23). The number of H-pyrrole nitrogens is 1. The first-order chi connectivity index (χ1) is 13.1. The molecule has 0 aliphatic rings. The molecule has 0 aliphatic carbocycles. The minimum absolute atomic E-state index is 0.272. The Labute approximate surface area is 158 Å². The van der Waals surface area contributed by atoms with E-state index in [1.807, 2.05) is 48.5 Å². The van der Waals surface area contributed by atoms with Gasteiger partial charge < -0.3 is 15.0 Å². The first-order valence-electron chi connectivity index (χ1n) is 8.19. The molecule has 0 aliphatic heterocycles. The molecule has 6 nitrogen and oxygen atoms in total. The zero-order valence-corrected chi connectivity index (χ0v) is 15.2. The van der Waals surface area contributed by atoms with E-state index < -0.39 is 5.97 Å². The average Bonchev–Trinajstić information content (AvgIpc) is 3.35. The predicted octanol–water partition coefficient (Wildman–Crippen LogP) is 4.33. The molecule has 0 atom stereocenters. The van der Waals surface area contributed by atoms with E-state index in [9.17, 15) is 9.59 Å². The number of carbonyl (C=O) groups excluding carboxylic acids is 2. The van der Waals surface area contributed by atoms with Crippen LogP contribution in [0.25, 0.3) is 22.4 Å². The number of nitrogens with one attached hydrogen (secondary N) is 2. The molecular weight excluding hydrogens is 362 g/mol. The Kier molecular flexibility index (Phi) is 4.43. The molecule has 134 valence electrons. The highest BCUT2D eigenvalue weighted by atomic mass is 32.1. The number of ether oxygens (including phenoxy) is 1. The largest absolute Gasteiger partial charge is 0.465 e. The molecule has 27 heavy (non-hydrogen) atoms. The molecule has 4 aromatic rings. The van der Waals surface area contributed by atoms with Crippen LogP contribution in [0.1, 0.15) is 19.3 Å². The minimum Gasteiger partial charge on any atom is -0.465 e. The summed E-state index contributed by atoms with van der Waals surface area (Å²) in [6, 6.07) is 18.4. The first-order valence-corrected chi connectivity index (χ1v) is 9.00. The van der Waals surface area contributed by atoms with Crippen LogP contribution in [-0.2, 0) is 4.74 Å². The van der Waals surface area contributed by atoms with Gasteiger partial charge in [0.15, 0.2) is 0 Å². The van der Waals surface area contributed by atoms with Crippen molar-refractivity contribution < 1.29 is 14.3 Å². The monoisotopic (exact) mass is 377 g/mol. The molecule has 2 heterocycles. The number of carbonyl (C=O) groups is 2. The lowest BCUT2D eigenvalue weighted by molar-refractivity contribution is 0.0606. The van der Waals surface area contributed by atoms with E-state index in [0.29, 0.717) is 15.4 Å². The number of imidazole rings is 1. The summed E-state index contributed by atoms with van der Waals surface area (Å²) < 4.78 is 4.66. The summed E-state index contributed by atoms with van der Waals surface area (Å²) >= 11 is 1.09. The fraction of sp³-hybridized carbons (Fsp3) is 0.0500. The number of para-hydroxylation sites is 2. The highest BCUT2D eigenvalue weighted by Gasteiger charge is 2.14. The summed E-state index contributed by atoms with van der Waals surface area (Å²) in [5.41, 5.74) is 3.47. The van der Waals surface area contributed by atoms with E-state index in [0.717, 1.165) is 33.8 Å². The Morgan fingerprint density at radius 3 is 2.48 bits per heavy atom. The zero-order valence-electron chi connectivity index (χ0n) is 14.4. The van der Waals surface area contributed by atoms with Crippen molar-refractivity contribution in [2.75, 3.05) is 12.4 Å². The van der Waals surface area contributed by atoms with E-state index >= 15 is 0 Å². The maximum Gasteiger partial charge on any atom is 0.348 e. The number of esters is 1. The second-order valence-electron chi connectivity index (χ2n) is 5.79. The van der Waals surface area contributed by atoms with Crippen LogP contribution in [0, 0.1) is 0 Å². The molecule has 0 saturated heterocycles. The maximum absolute atomic E-state index is 12.3. The van der Waals surface area contributed by atoms with Crippen LogP contribution >= 0.6 is 11.3 Å². The normalized spacial score (nSPS) is 10.7. The molecule has 4 rings (SSSR count). The Hall–Kier alpha value is -3.45. The van der Waals surface area contributed by atoms with Gasteiger partial charge >= 0.3 is 5.97 Å². The van der Waals surface area contributed by atoms with E-state index in [1.165, 1.54) is 7.11 Å². The van der Waals surface area contributed by atoms with Crippen molar-refractivity contribution in [2.24, 2.45) is 0 Å². The van der Waals surface area contributed by atoms with Crippen molar-refractivity contribution in [3.05, 3.63) is 70.4 Å². The number of nitrogens with zero attached hydrogens (tertiary/aromatic N) is 1. The van der Waals surface area contributed by atoms with Gasteiger partial charge in [0, 0.05) is 11.3 Å². The number of benzene rings is 2. The second kappa shape index (κ2) is 7.05. The fourth-order valence-electron chi connectivity index (χ4n) is 2.66. The molecule has 0 saturated carbocycles. The van der Waals surface area contributed by atoms with Gasteiger partial charge in [0.2, 0.25) is 0 Å². The summed E-state index contributed by atoms with van der Waals surface area (Å²) in [6.45, 7) is 0. The molecule has 0 bridgehead atoms. The average molecular weight is 377 g/mol. The molecule has 2 aromatic heterocycles. The van der Waals surface area contributed by atoms with Crippen LogP contribution in [0.4, 0.5) is 5.69 Å². The summed E-state index contributed by atoms with van der Waals surface area (Å²) in [5, 5.41) is 2.82. The number of amides is 1. The van der Waals surface area contributed by atoms with Crippen molar-refractivity contribution >= 4 is 39.9 Å². The highest BCUT2D eigenvalue weighted by Crippen LogP contribution is 2.23. The highest BCUT2D eigenvalue weighted by molar-refractivity contribution is 7.16. The topological polar surface area (TPSA) is 84.1 Å². The number of fused-ring (bicyclic) bond motifs is 1. The Morgan fingerprint density at radius 2 is 1.74 bits per heavy atom. The van der Waals surface area contributed by atoms with Crippen molar-refractivity contribution in [1.29, 1.82) is 0 Å². The van der Waals surface area contributed by atoms with E-state index in [2.05, 4.69) is 20.0 Å². The van der Waals surface area contributed by atoms with Crippen molar-refractivity contribution in [3.63, 3.8) is 0 Å². The third-order valence-electron chi connectivity index (χ3n) is 4.02. The summed E-state index contributed by atoms with van der Waals surface area (Å²) in [5.74, 6) is 0.0518. The van der Waals surface area contributed by atoms with Crippen LogP contribution in [0.3, 0.4) is 0 Å². The van der Waals surface area contributed by atoms with Crippen LogP contribution < -0.4 is 5.32 Å². The molecule has 2 N–H and O–H groups in total. The summed E-state index contributed by atoms with van der Waals surface area (Å²) in [7, 11) is 1.31. The molecule has 0 fully saturated rings. The van der Waals surface area contributed by atoms with Crippen LogP contribution in [-0.4, -0.2) is 29.0 Å². The molecule has 0 unspecified atom stereocenters. The van der Waals surface area contributed by atoms with Crippen molar-refractivity contribution in [3.8, 4) is 11.4 Å². The van der Waals surface area contributed by atoms with Crippen molar-refractivity contribution in [2.45, 2.75) is 0 Å². The third kappa shape index (κ3) is 3.45. The second-order valence-corrected chi connectivity index (χ2v) is 6.87. The third-order valence-corrected chi connectivity index (χ3v) is 5.09. The van der Waals surface area contributed by atoms with Gasteiger partial charge in [0.05, 0.1) is 23.0 Å². The fourth-order valence-corrected chi connectivity index (χ4v) is 3.48. The number of aromatic amines is 1. The number of anilines is 1. The lowest BCUT2D eigenvalue weighted by atomic mass is 10.2.